The normalized spacial score (nSPS) is 10.4. The summed E-state index contributed by atoms with van der Waals surface area (Å²) in [6.45, 7) is 0. The van der Waals surface area contributed by atoms with Crippen molar-refractivity contribution in [3.63, 3.8) is 0 Å². The highest BCUT2D eigenvalue weighted by molar-refractivity contribution is 5.33. The molecule has 0 unspecified atom stereocenters. The van der Waals surface area contributed by atoms with Gasteiger partial charge in [-0.3, -0.25) is 0 Å². The summed E-state index contributed by atoms with van der Waals surface area (Å²) in [6.07, 6.45) is 1.22. The average Bonchev–Trinajstić information content (AvgIpc) is 2.28. The van der Waals surface area contributed by atoms with Gasteiger partial charge in [-0.05, 0) is 11.6 Å². The quantitative estimate of drug-likeness (QED) is 0.842. The molecule has 1 heterocycles. The summed E-state index contributed by atoms with van der Waals surface area (Å²) in [6, 6.07) is 6.15. The van der Waals surface area contributed by atoms with Crippen molar-refractivity contribution in [1.29, 1.82) is 0 Å². The van der Waals surface area contributed by atoms with Gasteiger partial charge >= 0.3 is 0 Å². The Morgan fingerprint density at radius 3 is 2.62 bits per heavy atom. The lowest BCUT2D eigenvalue weighted by Gasteiger charge is -2.04. The van der Waals surface area contributed by atoms with Crippen LogP contribution in [0.3, 0.4) is 0 Å². The van der Waals surface area contributed by atoms with Crippen LogP contribution in [0.5, 0.6) is 0 Å². The minimum absolute atomic E-state index is 0.0607. The second-order valence-corrected chi connectivity index (χ2v) is 3.29. The Morgan fingerprint density at radius 2 is 1.88 bits per heavy atom. The second kappa shape index (κ2) is 4.22. The van der Waals surface area contributed by atoms with Crippen molar-refractivity contribution in [2.45, 2.75) is 6.42 Å². The number of nitrogens with zero attached hydrogens (tertiary/aromatic N) is 2. The molecule has 1 aromatic carbocycles. The smallest absolute Gasteiger partial charge is 0.187 e. The molecule has 16 heavy (non-hydrogen) atoms. The molecule has 0 aliphatic heterocycles. The monoisotopic (exact) mass is 221 g/mol. The molecule has 0 spiro atoms. The summed E-state index contributed by atoms with van der Waals surface area (Å²) < 4.78 is 26.8. The summed E-state index contributed by atoms with van der Waals surface area (Å²) in [7, 11) is 0. The van der Waals surface area contributed by atoms with Crippen LogP contribution in [0, 0.1) is 11.6 Å². The maximum absolute atomic E-state index is 13.4. The largest absolute Gasteiger partial charge is 0.381 e. The highest BCUT2D eigenvalue weighted by Gasteiger charge is 2.10. The standard InChI is InChI=1S/C11H9F2N3/c12-8-4-2-1-3-7(8)5-9-10(13)11(14)16-6-15-9/h1-4,6H,5H2,(H2,14,15,16). The molecule has 2 N–H and O–H groups in total. The number of benzene rings is 1. The average molecular weight is 221 g/mol. The molecule has 0 aliphatic rings. The van der Waals surface area contributed by atoms with Crippen LogP contribution in [-0.4, -0.2) is 9.97 Å². The Labute approximate surface area is 91.0 Å². The van der Waals surface area contributed by atoms with E-state index in [0.717, 1.165) is 6.33 Å². The predicted octanol–water partition coefficient (Wildman–Crippen LogP) is 1.93. The summed E-state index contributed by atoms with van der Waals surface area (Å²) in [5.74, 6) is -1.30. The van der Waals surface area contributed by atoms with Gasteiger partial charge in [0.2, 0.25) is 0 Å². The van der Waals surface area contributed by atoms with E-state index >= 15 is 0 Å². The van der Waals surface area contributed by atoms with E-state index in [4.69, 9.17) is 5.73 Å². The Kier molecular flexibility index (Phi) is 2.76. The molecule has 5 heteroatoms. The zero-order valence-corrected chi connectivity index (χ0v) is 8.32. The van der Waals surface area contributed by atoms with Crippen LogP contribution in [0.15, 0.2) is 30.6 Å². The molecule has 2 aromatic rings. The van der Waals surface area contributed by atoms with Crippen LogP contribution in [0.25, 0.3) is 0 Å². The van der Waals surface area contributed by atoms with Crippen molar-refractivity contribution in [2.75, 3.05) is 5.73 Å². The fourth-order valence-electron chi connectivity index (χ4n) is 1.37. The predicted molar refractivity (Wildman–Crippen MR) is 55.6 cm³/mol. The Morgan fingerprint density at radius 1 is 1.12 bits per heavy atom. The van der Waals surface area contributed by atoms with E-state index in [1.807, 2.05) is 0 Å². The van der Waals surface area contributed by atoms with Gasteiger partial charge in [-0.15, -0.1) is 0 Å². The van der Waals surface area contributed by atoms with Crippen molar-refractivity contribution in [1.82, 2.24) is 9.97 Å². The van der Waals surface area contributed by atoms with Crippen LogP contribution < -0.4 is 5.73 Å². The minimum atomic E-state index is -0.689. The van der Waals surface area contributed by atoms with E-state index in [1.54, 1.807) is 18.2 Å². The fraction of sp³-hybridized carbons (Fsp3) is 0.0909. The van der Waals surface area contributed by atoms with Crippen molar-refractivity contribution in [3.8, 4) is 0 Å². The third-order valence-corrected chi connectivity index (χ3v) is 2.20. The zero-order chi connectivity index (χ0) is 11.5. The van der Waals surface area contributed by atoms with E-state index in [9.17, 15) is 8.78 Å². The SMILES string of the molecule is Nc1ncnc(Cc2ccccc2F)c1F. The molecule has 0 bridgehead atoms. The zero-order valence-electron chi connectivity index (χ0n) is 8.32. The molecule has 3 nitrogen and oxygen atoms in total. The Hall–Kier alpha value is -2.04. The van der Waals surface area contributed by atoms with Gasteiger partial charge in [0.1, 0.15) is 12.1 Å². The van der Waals surface area contributed by atoms with Gasteiger partial charge in [0.15, 0.2) is 11.6 Å². The third kappa shape index (κ3) is 1.98. The van der Waals surface area contributed by atoms with E-state index in [0.29, 0.717) is 5.56 Å². The van der Waals surface area contributed by atoms with Crippen molar-refractivity contribution < 1.29 is 8.78 Å². The highest BCUT2D eigenvalue weighted by Crippen LogP contribution is 2.15. The summed E-state index contributed by atoms with van der Waals surface area (Å²) in [4.78, 5) is 7.24. The molecule has 0 amide bonds. The van der Waals surface area contributed by atoms with Crippen molar-refractivity contribution in [3.05, 3.63) is 53.5 Å². The molecule has 0 saturated carbocycles. The molecule has 1 aromatic heterocycles. The first kappa shape index (κ1) is 10.5. The number of halogens is 2. The summed E-state index contributed by atoms with van der Waals surface area (Å²) in [5.41, 5.74) is 5.76. The van der Waals surface area contributed by atoms with Gasteiger partial charge in [0.05, 0.1) is 5.69 Å². The number of nitrogen functional groups attached to an aromatic ring is 1. The fourth-order valence-corrected chi connectivity index (χ4v) is 1.37. The van der Waals surface area contributed by atoms with Crippen LogP contribution in [0.2, 0.25) is 0 Å². The van der Waals surface area contributed by atoms with Crippen LogP contribution >= 0.6 is 0 Å². The maximum atomic E-state index is 13.4. The first-order chi connectivity index (χ1) is 7.68. The molecular weight excluding hydrogens is 212 g/mol. The van der Waals surface area contributed by atoms with E-state index in [2.05, 4.69) is 9.97 Å². The Bertz CT molecular complexity index is 514. The number of rotatable bonds is 2. The molecule has 0 aliphatic carbocycles. The lowest BCUT2D eigenvalue weighted by atomic mass is 10.1. The van der Waals surface area contributed by atoms with Crippen molar-refractivity contribution >= 4 is 5.82 Å². The highest BCUT2D eigenvalue weighted by atomic mass is 19.1. The van der Waals surface area contributed by atoms with Gasteiger partial charge in [0, 0.05) is 6.42 Å². The van der Waals surface area contributed by atoms with Gasteiger partial charge in [-0.1, -0.05) is 18.2 Å². The summed E-state index contributed by atoms with van der Waals surface area (Å²) in [5, 5.41) is 0. The summed E-state index contributed by atoms with van der Waals surface area (Å²) >= 11 is 0. The lowest BCUT2D eigenvalue weighted by Crippen LogP contribution is -2.04. The van der Waals surface area contributed by atoms with Crippen molar-refractivity contribution in [2.24, 2.45) is 0 Å². The van der Waals surface area contributed by atoms with E-state index < -0.39 is 5.82 Å². The number of nitrogens with two attached hydrogens (primary N) is 1. The number of anilines is 1. The topological polar surface area (TPSA) is 51.8 Å². The van der Waals surface area contributed by atoms with E-state index in [1.165, 1.54) is 6.07 Å². The van der Waals surface area contributed by atoms with E-state index in [-0.39, 0.29) is 23.7 Å². The molecule has 82 valence electrons. The van der Waals surface area contributed by atoms with Crippen LogP contribution in [0.4, 0.5) is 14.6 Å². The number of aromatic nitrogens is 2. The third-order valence-electron chi connectivity index (χ3n) is 2.20. The first-order valence-corrected chi connectivity index (χ1v) is 4.66. The molecule has 0 fully saturated rings. The van der Waals surface area contributed by atoms with Gasteiger partial charge in [-0.2, -0.15) is 0 Å². The second-order valence-electron chi connectivity index (χ2n) is 3.29. The molecule has 0 atom stereocenters. The molecule has 0 radical (unpaired) electrons. The molecule has 2 rings (SSSR count). The Balaban J connectivity index is 2.35. The van der Waals surface area contributed by atoms with Gasteiger partial charge in [-0.25, -0.2) is 18.7 Å². The number of hydrogen-bond acceptors (Lipinski definition) is 3. The molecule has 0 saturated heterocycles. The first-order valence-electron chi connectivity index (χ1n) is 4.66. The van der Waals surface area contributed by atoms with Crippen LogP contribution in [0.1, 0.15) is 11.3 Å². The van der Waals surface area contributed by atoms with Crippen LogP contribution in [-0.2, 0) is 6.42 Å². The lowest BCUT2D eigenvalue weighted by molar-refractivity contribution is 0.589. The molecular formula is C11H9F2N3. The van der Waals surface area contributed by atoms with Gasteiger partial charge in [0.25, 0.3) is 0 Å². The minimum Gasteiger partial charge on any atom is -0.381 e. The maximum Gasteiger partial charge on any atom is 0.187 e. The number of hydrogen-bond donors (Lipinski definition) is 1. The van der Waals surface area contributed by atoms with Gasteiger partial charge < -0.3 is 5.73 Å².